The third-order valence-electron chi connectivity index (χ3n) is 3.75. The summed E-state index contributed by atoms with van der Waals surface area (Å²) < 4.78 is 92.0. The molecule has 0 unspecified atom stereocenters. The Labute approximate surface area is 158 Å². The normalized spacial score (nSPS) is 12.4. The van der Waals surface area contributed by atoms with E-state index < -0.39 is 29.4 Å². The second-order valence-electron chi connectivity index (χ2n) is 5.73. The van der Waals surface area contributed by atoms with Crippen LogP contribution in [0.25, 0.3) is 5.69 Å². The molecule has 0 aliphatic heterocycles. The minimum Gasteiger partial charge on any atom is -0.256 e. The maximum absolute atomic E-state index is 14.0. The lowest BCUT2D eigenvalue weighted by Gasteiger charge is -2.10. The number of hydrogen-bond acceptors (Lipinski definition) is 2. The van der Waals surface area contributed by atoms with Crippen LogP contribution in [0.4, 0.5) is 30.7 Å². The molecule has 0 bridgehead atoms. The van der Waals surface area contributed by atoms with Gasteiger partial charge in [-0.1, -0.05) is 11.6 Å². The molecule has 3 nitrogen and oxygen atoms in total. The maximum Gasteiger partial charge on any atom is 0.435 e. The molecule has 3 aromatic rings. The van der Waals surface area contributed by atoms with E-state index in [1.165, 1.54) is 0 Å². The molecule has 0 spiro atoms. The van der Waals surface area contributed by atoms with Crippen molar-refractivity contribution in [2.24, 2.45) is 0 Å². The van der Waals surface area contributed by atoms with Crippen LogP contribution < -0.4 is 0 Å². The van der Waals surface area contributed by atoms with Gasteiger partial charge >= 0.3 is 12.4 Å². The number of pyridine rings is 1. The van der Waals surface area contributed by atoms with Gasteiger partial charge in [0.1, 0.15) is 5.82 Å². The van der Waals surface area contributed by atoms with Crippen molar-refractivity contribution in [3.63, 3.8) is 0 Å². The van der Waals surface area contributed by atoms with E-state index >= 15 is 0 Å². The molecule has 28 heavy (non-hydrogen) atoms. The van der Waals surface area contributed by atoms with Crippen LogP contribution in [-0.4, -0.2) is 14.8 Å². The molecule has 1 aromatic carbocycles. The van der Waals surface area contributed by atoms with Crippen LogP contribution in [0, 0.1) is 5.82 Å². The molecule has 3 rings (SSSR count). The van der Waals surface area contributed by atoms with E-state index in [2.05, 4.69) is 10.1 Å². The Balaban J connectivity index is 2.05. The molecule has 2 heterocycles. The van der Waals surface area contributed by atoms with Gasteiger partial charge < -0.3 is 0 Å². The van der Waals surface area contributed by atoms with E-state index in [0.717, 1.165) is 41.2 Å². The number of hydrogen-bond donors (Lipinski definition) is 0. The summed E-state index contributed by atoms with van der Waals surface area (Å²) in [5.74, 6) is -0.832. The van der Waals surface area contributed by atoms with E-state index in [4.69, 9.17) is 11.6 Å². The van der Waals surface area contributed by atoms with Gasteiger partial charge in [0.2, 0.25) is 0 Å². The molecular formula is C17H9ClF7N3. The van der Waals surface area contributed by atoms with E-state index in [0.29, 0.717) is 6.07 Å². The molecule has 0 fully saturated rings. The molecule has 0 saturated heterocycles. The zero-order valence-corrected chi connectivity index (χ0v) is 14.4. The maximum atomic E-state index is 14.0. The first-order valence-corrected chi connectivity index (χ1v) is 7.96. The Hall–Kier alpha value is -2.62. The summed E-state index contributed by atoms with van der Waals surface area (Å²) in [4.78, 5) is 3.75. The third kappa shape index (κ3) is 4.27. The molecule has 0 aliphatic carbocycles. The van der Waals surface area contributed by atoms with Crippen LogP contribution in [0.2, 0.25) is 5.02 Å². The van der Waals surface area contributed by atoms with Crippen molar-refractivity contribution >= 4 is 11.6 Å². The molecule has 11 heteroatoms. The number of benzene rings is 1. The molecule has 0 aliphatic rings. The monoisotopic (exact) mass is 423 g/mol. The molecule has 0 saturated carbocycles. The lowest BCUT2D eigenvalue weighted by Crippen LogP contribution is -2.09. The Morgan fingerprint density at radius 2 is 1.57 bits per heavy atom. The summed E-state index contributed by atoms with van der Waals surface area (Å²) in [6, 6.07) is 5.03. The van der Waals surface area contributed by atoms with Crippen molar-refractivity contribution in [2.45, 2.75) is 18.8 Å². The van der Waals surface area contributed by atoms with Crippen LogP contribution >= 0.6 is 11.6 Å². The van der Waals surface area contributed by atoms with Gasteiger partial charge in [-0.2, -0.15) is 31.4 Å². The topological polar surface area (TPSA) is 30.7 Å². The minimum absolute atomic E-state index is 0.00785. The first kappa shape index (κ1) is 20.1. The van der Waals surface area contributed by atoms with Crippen LogP contribution in [0.3, 0.4) is 0 Å². The van der Waals surface area contributed by atoms with Crippen molar-refractivity contribution in [3.05, 3.63) is 76.1 Å². The number of halogens is 8. The molecule has 0 amide bonds. The zero-order chi connectivity index (χ0) is 20.7. The van der Waals surface area contributed by atoms with E-state index in [9.17, 15) is 30.7 Å². The quantitative estimate of drug-likeness (QED) is 0.507. The molecule has 0 N–H and O–H groups in total. The van der Waals surface area contributed by atoms with Crippen molar-refractivity contribution in [2.75, 3.05) is 0 Å². The first-order valence-electron chi connectivity index (χ1n) is 7.59. The summed E-state index contributed by atoms with van der Waals surface area (Å²) in [5.41, 5.74) is -2.58. The molecular weight excluding hydrogens is 415 g/mol. The van der Waals surface area contributed by atoms with Gasteiger partial charge in [0, 0.05) is 12.6 Å². The van der Waals surface area contributed by atoms with Gasteiger partial charge in [-0.05, 0) is 36.4 Å². The molecule has 148 valence electrons. The smallest absolute Gasteiger partial charge is 0.256 e. The summed E-state index contributed by atoms with van der Waals surface area (Å²) in [5, 5.41) is 3.43. The van der Waals surface area contributed by atoms with Crippen molar-refractivity contribution < 1.29 is 30.7 Å². The summed E-state index contributed by atoms with van der Waals surface area (Å²) >= 11 is 5.60. The van der Waals surface area contributed by atoms with Gasteiger partial charge in [-0.15, -0.1) is 0 Å². The highest BCUT2D eigenvalue weighted by Gasteiger charge is 2.35. The first-order chi connectivity index (χ1) is 12.9. The van der Waals surface area contributed by atoms with Gasteiger partial charge in [0.05, 0.1) is 27.7 Å². The highest BCUT2D eigenvalue weighted by Crippen LogP contribution is 2.32. The van der Waals surface area contributed by atoms with Gasteiger partial charge in [-0.25, -0.2) is 9.07 Å². The highest BCUT2D eigenvalue weighted by atomic mass is 35.5. The van der Waals surface area contributed by atoms with Crippen LogP contribution in [0.15, 0.2) is 42.6 Å². The third-order valence-corrected chi connectivity index (χ3v) is 3.95. The fraction of sp³-hybridized carbons (Fsp3) is 0.176. The van der Waals surface area contributed by atoms with E-state index in [1.807, 2.05) is 0 Å². The fourth-order valence-electron chi connectivity index (χ4n) is 2.44. The molecule has 2 aromatic heterocycles. The summed E-state index contributed by atoms with van der Waals surface area (Å²) in [7, 11) is 0. The van der Waals surface area contributed by atoms with Gasteiger partial charge in [-0.3, -0.25) is 4.98 Å². The van der Waals surface area contributed by atoms with E-state index in [1.54, 1.807) is 0 Å². The summed E-state index contributed by atoms with van der Waals surface area (Å²) in [6.45, 7) is 0. The zero-order valence-electron chi connectivity index (χ0n) is 13.6. The standard InChI is InChI=1S/C17H9ClF7N3/c18-10-5-13(19)14(26-8-10)6-12-7-15(17(23,24)25)27-28(12)11-3-1-9(2-4-11)16(20,21)22/h1-5,7-8H,6H2. The highest BCUT2D eigenvalue weighted by molar-refractivity contribution is 6.30. The Bertz CT molecular complexity index is 991. The lowest BCUT2D eigenvalue weighted by atomic mass is 10.1. The van der Waals surface area contributed by atoms with Crippen molar-refractivity contribution in [3.8, 4) is 5.69 Å². The van der Waals surface area contributed by atoms with Gasteiger partial charge in [0.15, 0.2) is 5.69 Å². The Morgan fingerprint density at radius 3 is 2.11 bits per heavy atom. The second kappa shape index (κ2) is 7.08. The average Bonchev–Trinajstić information content (AvgIpc) is 3.01. The number of rotatable bonds is 3. The second-order valence-corrected chi connectivity index (χ2v) is 6.17. The number of alkyl halides is 6. The predicted octanol–water partition coefficient (Wildman–Crippen LogP) is 5.69. The van der Waals surface area contributed by atoms with Crippen LogP contribution in [-0.2, 0) is 18.8 Å². The summed E-state index contributed by atoms with van der Waals surface area (Å²) in [6.07, 6.45) is -8.65. The fourth-order valence-corrected chi connectivity index (χ4v) is 2.59. The van der Waals surface area contributed by atoms with E-state index in [-0.39, 0.29) is 28.5 Å². The van der Waals surface area contributed by atoms with Gasteiger partial charge in [0.25, 0.3) is 0 Å². The van der Waals surface area contributed by atoms with Crippen LogP contribution in [0.1, 0.15) is 22.6 Å². The Kier molecular flexibility index (Phi) is 5.09. The van der Waals surface area contributed by atoms with Crippen molar-refractivity contribution in [1.29, 1.82) is 0 Å². The van der Waals surface area contributed by atoms with Crippen molar-refractivity contribution in [1.82, 2.24) is 14.8 Å². The minimum atomic E-state index is -4.79. The predicted molar refractivity (Wildman–Crippen MR) is 85.6 cm³/mol. The molecule has 0 radical (unpaired) electrons. The number of aromatic nitrogens is 3. The van der Waals surface area contributed by atoms with Crippen LogP contribution in [0.5, 0.6) is 0 Å². The molecule has 0 atom stereocenters. The lowest BCUT2D eigenvalue weighted by molar-refractivity contribution is -0.141. The number of nitrogens with zero attached hydrogens (tertiary/aromatic N) is 3. The SMILES string of the molecule is Fc1cc(Cl)cnc1Cc1cc(C(F)(F)F)nn1-c1ccc(C(F)(F)F)cc1. The Morgan fingerprint density at radius 1 is 0.929 bits per heavy atom. The largest absolute Gasteiger partial charge is 0.435 e. The average molecular weight is 424 g/mol.